The molecule has 6 nitrogen and oxygen atoms in total. The second-order valence-electron chi connectivity index (χ2n) is 6.98. The smallest absolute Gasteiger partial charge is 0.277 e. The van der Waals surface area contributed by atoms with Gasteiger partial charge in [-0.3, -0.25) is 4.79 Å². The number of anilines is 1. The first-order chi connectivity index (χ1) is 14.1. The molecule has 150 valence electrons. The summed E-state index contributed by atoms with van der Waals surface area (Å²) in [5.74, 6) is 1.27. The van der Waals surface area contributed by atoms with Gasteiger partial charge < -0.3 is 14.1 Å². The lowest BCUT2D eigenvalue weighted by atomic mass is 10.1. The summed E-state index contributed by atoms with van der Waals surface area (Å²) in [7, 11) is 0. The monoisotopic (exact) mass is 409 g/mol. The molecule has 2 heterocycles. The van der Waals surface area contributed by atoms with E-state index >= 15 is 0 Å². The van der Waals surface area contributed by atoms with Crippen LogP contribution in [0.1, 0.15) is 26.3 Å². The average Bonchev–Trinajstić information content (AvgIpc) is 3.31. The van der Waals surface area contributed by atoms with Crippen LogP contribution in [0.4, 0.5) is 5.69 Å². The summed E-state index contributed by atoms with van der Waals surface area (Å²) < 4.78 is 11.2. The fraction of sp³-hybridized carbons (Fsp3) is 0.318. The maximum absolute atomic E-state index is 13.1. The number of para-hydroxylation sites is 1. The summed E-state index contributed by atoms with van der Waals surface area (Å²) in [5.41, 5.74) is 3.02. The van der Waals surface area contributed by atoms with Crippen molar-refractivity contribution in [3.8, 4) is 17.2 Å². The number of hydrogen-bond donors (Lipinski definition) is 0. The highest BCUT2D eigenvalue weighted by Crippen LogP contribution is 2.35. The lowest BCUT2D eigenvalue weighted by molar-refractivity contribution is -0.118. The zero-order valence-corrected chi connectivity index (χ0v) is 17.5. The first-order valence-electron chi connectivity index (χ1n) is 9.71. The summed E-state index contributed by atoms with van der Waals surface area (Å²) in [6.45, 7) is 6.51. The van der Waals surface area contributed by atoms with Crippen molar-refractivity contribution in [3.05, 3.63) is 54.1 Å². The second kappa shape index (κ2) is 8.29. The van der Waals surface area contributed by atoms with Gasteiger partial charge in [0.1, 0.15) is 5.75 Å². The van der Waals surface area contributed by atoms with Crippen molar-refractivity contribution < 1.29 is 13.9 Å². The molecule has 7 heteroatoms. The Morgan fingerprint density at radius 1 is 1.24 bits per heavy atom. The fourth-order valence-corrected chi connectivity index (χ4v) is 4.27. The van der Waals surface area contributed by atoms with E-state index < -0.39 is 0 Å². The summed E-state index contributed by atoms with van der Waals surface area (Å²) in [5, 5.41) is 8.28. The Morgan fingerprint density at radius 3 is 2.76 bits per heavy atom. The molecule has 0 N–H and O–H groups in total. The van der Waals surface area contributed by atoms with Gasteiger partial charge >= 0.3 is 0 Å². The molecule has 1 aliphatic rings. The molecule has 0 fully saturated rings. The summed E-state index contributed by atoms with van der Waals surface area (Å²) >= 11 is 1.29. The highest BCUT2D eigenvalue weighted by molar-refractivity contribution is 8.00. The van der Waals surface area contributed by atoms with Crippen LogP contribution in [0.25, 0.3) is 11.5 Å². The first-order valence-corrected chi connectivity index (χ1v) is 10.6. The maximum atomic E-state index is 13.1. The number of ether oxygens (including phenoxy) is 1. The average molecular weight is 410 g/mol. The van der Waals surface area contributed by atoms with Gasteiger partial charge in [-0.2, -0.15) is 0 Å². The van der Waals surface area contributed by atoms with Crippen molar-refractivity contribution in [2.75, 3.05) is 11.5 Å². The first kappa shape index (κ1) is 19.5. The Morgan fingerprint density at radius 2 is 2.00 bits per heavy atom. The van der Waals surface area contributed by atoms with Gasteiger partial charge in [0.25, 0.3) is 5.22 Å². The lowest BCUT2D eigenvalue weighted by Gasteiger charge is -2.25. The number of carbonyl (C=O) groups excluding carboxylic acids is 1. The van der Waals surface area contributed by atoms with Crippen LogP contribution in [-0.4, -0.2) is 34.0 Å². The molecule has 1 aromatic heterocycles. The van der Waals surface area contributed by atoms with Crippen molar-refractivity contribution >= 4 is 23.4 Å². The molecule has 0 radical (unpaired) electrons. The van der Waals surface area contributed by atoms with Gasteiger partial charge in [-0.25, -0.2) is 0 Å². The summed E-state index contributed by atoms with van der Waals surface area (Å²) in [6, 6.07) is 15.7. The van der Waals surface area contributed by atoms with Crippen LogP contribution in [-0.2, 0) is 11.2 Å². The van der Waals surface area contributed by atoms with E-state index in [1.54, 1.807) is 0 Å². The number of aromatic nitrogens is 2. The van der Waals surface area contributed by atoms with Crippen LogP contribution >= 0.6 is 11.8 Å². The third-order valence-electron chi connectivity index (χ3n) is 4.89. The molecule has 2 atom stereocenters. The molecule has 4 rings (SSSR count). The highest BCUT2D eigenvalue weighted by Gasteiger charge is 2.34. The predicted octanol–water partition coefficient (Wildman–Crippen LogP) is 4.59. The van der Waals surface area contributed by atoms with Crippen LogP contribution in [0, 0.1) is 0 Å². The minimum absolute atomic E-state index is 0.0493. The number of hydrogen-bond acceptors (Lipinski definition) is 6. The van der Waals surface area contributed by atoms with Crippen LogP contribution in [0.15, 0.2) is 58.2 Å². The molecule has 0 saturated carbocycles. The Hall–Kier alpha value is -2.80. The third kappa shape index (κ3) is 4.00. The SMILES string of the molecule is CCOc1ccc(-c2nnc(S[C@H](C)C(=O)N3c4ccccc4C[C@@H]3C)o2)cc1. The van der Waals surface area contributed by atoms with E-state index in [1.807, 2.05) is 61.2 Å². The normalized spacial score (nSPS) is 16.5. The van der Waals surface area contributed by atoms with E-state index in [1.165, 1.54) is 17.3 Å². The molecule has 0 aliphatic carbocycles. The number of carbonyl (C=O) groups is 1. The summed E-state index contributed by atoms with van der Waals surface area (Å²) in [6.07, 6.45) is 0.877. The third-order valence-corrected chi connectivity index (χ3v) is 5.81. The molecular formula is C22H23N3O3S. The quantitative estimate of drug-likeness (QED) is 0.555. The molecule has 3 aromatic rings. The van der Waals surface area contributed by atoms with Crippen LogP contribution in [0.5, 0.6) is 5.75 Å². The van der Waals surface area contributed by atoms with Crippen molar-refractivity contribution in [3.63, 3.8) is 0 Å². The number of amides is 1. The Bertz CT molecular complexity index is 1000. The molecule has 0 saturated heterocycles. The van der Waals surface area contributed by atoms with E-state index in [0.29, 0.717) is 17.7 Å². The topological polar surface area (TPSA) is 68.5 Å². The van der Waals surface area contributed by atoms with Gasteiger partial charge in [-0.05, 0) is 63.1 Å². The van der Waals surface area contributed by atoms with E-state index in [4.69, 9.17) is 9.15 Å². The number of rotatable bonds is 6. The largest absolute Gasteiger partial charge is 0.494 e. The molecule has 29 heavy (non-hydrogen) atoms. The van der Waals surface area contributed by atoms with Crippen molar-refractivity contribution in [1.82, 2.24) is 10.2 Å². The predicted molar refractivity (Wildman–Crippen MR) is 113 cm³/mol. The van der Waals surface area contributed by atoms with E-state index in [0.717, 1.165) is 23.4 Å². The molecule has 0 unspecified atom stereocenters. The van der Waals surface area contributed by atoms with Crippen molar-refractivity contribution in [2.45, 2.75) is 43.7 Å². The van der Waals surface area contributed by atoms with Crippen LogP contribution < -0.4 is 9.64 Å². The molecule has 0 bridgehead atoms. The van der Waals surface area contributed by atoms with Crippen LogP contribution in [0.2, 0.25) is 0 Å². The van der Waals surface area contributed by atoms with E-state index in [2.05, 4.69) is 23.2 Å². The van der Waals surface area contributed by atoms with Gasteiger partial charge in [0.2, 0.25) is 11.8 Å². The number of benzene rings is 2. The van der Waals surface area contributed by atoms with Crippen molar-refractivity contribution in [1.29, 1.82) is 0 Å². The Balaban J connectivity index is 1.45. The van der Waals surface area contributed by atoms with Gasteiger partial charge in [-0.1, -0.05) is 30.0 Å². The van der Waals surface area contributed by atoms with Crippen LogP contribution in [0.3, 0.4) is 0 Å². The zero-order chi connectivity index (χ0) is 20.4. The molecule has 2 aromatic carbocycles. The minimum Gasteiger partial charge on any atom is -0.494 e. The van der Waals surface area contributed by atoms with Crippen molar-refractivity contribution in [2.24, 2.45) is 0 Å². The molecule has 0 spiro atoms. The zero-order valence-electron chi connectivity index (χ0n) is 16.7. The van der Waals surface area contributed by atoms with E-state index in [-0.39, 0.29) is 17.2 Å². The second-order valence-corrected chi connectivity index (χ2v) is 8.27. The van der Waals surface area contributed by atoms with Gasteiger partial charge in [0.15, 0.2) is 0 Å². The van der Waals surface area contributed by atoms with Gasteiger partial charge in [0.05, 0.1) is 11.9 Å². The lowest BCUT2D eigenvalue weighted by Crippen LogP contribution is -2.40. The van der Waals surface area contributed by atoms with Gasteiger partial charge in [-0.15, -0.1) is 10.2 Å². The fourth-order valence-electron chi connectivity index (χ4n) is 3.53. The molecule has 1 aliphatic heterocycles. The van der Waals surface area contributed by atoms with E-state index in [9.17, 15) is 4.79 Å². The Kier molecular flexibility index (Phi) is 5.58. The molecule has 1 amide bonds. The maximum Gasteiger partial charge on any atom is 0.277 e. The number of nitrogens with zero attached hydrogens (tertiary/aromatic N) is 3. The summed E-state index contributed by atoms with van der Waals surface area (Å²) in [4.78, 5) is 15.0. The number of fused-ring (bicyclic) bond motifs is 1. The minimum atomic E-state index is -0.336. The van der Waals surface area contributed by atoms with Gasteiger partial charge in [0, 0.05) is 17.3 Å². The number of thioether (sulfide) groups is 1. The highest BCUT2D eigenvalue weighted by atomic mass is 32.2. The standard InChI is InChI=1S/C22H23N3O3S/c1-4-27-18-11-9-16(10-12-18)20-23-24-22(28-20)29-15(3)21(26)25-14(2)13-17-7-5-6-8-19(17)25/h5-12,14-15H,4,13H2,1-3H3/t14-,15+/m0/s1. The Labute approximate surface area is 174 Å². The molecular weight excluding hydrogens is 386 g/mol.